The van der Waals surface area contributed by atoms with Crippen molar-refractivity contribution in [2.45, 2.75) is 6.92 Å². The Bertz CT molecular complexity index is 1140. The zero-order valence-corrected chi connectivity index (χ0v) is 17.3. The molecule has 6 nitrogen and oxygen atoms in total. The van der Waals surface area contributed by atoms with Gasteiger partial charge in [-0.15, -0.1) is 0 Å². The highest BCUT2D eigenvalue weighted by Crippen LogP contribution is 2.34. The predicted molar refractivity (Wildman–Crippen MR) is 110 cm³/mol. The zero-order chi connectivity index (χ0) is 22.1. The van der Waals surface area contributed by atoms with E-state index in [0.717, 1.165) is 0 Å². The standard InChI is InChI=1S/C22H18ClF2N3O3/c1-13-18(20(26-31-13)19-15(23)6-4-8-17(19)25)22(30)28-11-9-27(10-12-28)21(29)14-5-2-3-7-16(14)24/h2-8H,9-12H2,1H3. The number of benzene rings is 2. The second kappa shape index (κ2) is 8.47. The SMILES string of the molecule is Cc1onc(-c2c(F)cccc2Cl)c1C(=O)N1CCN(C(=O)c2ccccc2F)CC1. The van der Waals surface area contributed by atoms with Gasteiger partial charge in [-0.3, -0.25) is 9.59 Å². The molecule has 0 unspecified atom stereocenters. The number of aromatic nitrogens is 1. The fourth-order valence-corrected chi connectivity index (χ4v) is 3.85. The summed E-state index contributed by atoms with van der Waals surface area (Å²) in [6.07, 6.45) is 0. The first-order chi connectivity index (χ1) is 14.9. The molecule has 31 heavy (non-hydrogen) atoms. The summed E-state index contributed by atoms with van der Waals surface area (Å²) >= 11 is 6.14. The van der Waals surface area contributed by atoms with Gasteiger partial charge in [0.1, 0.15) is 28.7 Å². The molecule has 1 fully saturated rings. The Morgan fingerprint density at radius 1 is 0.935 bits per heavy atom. The van der Waals surface area contributed by atoms with E-state index in [-0.39, 0.29) is 59.3 Å². The first-order valence-electron chi connectivity index (χ1n) is 9.62. The minimum atomic E-state index is -0.616. The van der Waals surface area contributed by atoms with E-state index in [2.05, 4.69) is 5.16 Å². The first kappa shape index (κ1) is 21.0. The maximum Gasteiger partial charge on any atom is 0.259 e. The van der Waals surface area contributed by atoms with Crippen LogP contribution in [0.5, 0.6) is 0 Å². The van der Waals surface area contributed by atoms with Crippen LogP contribution in [0.1, 0.15) is 26.5 Å². The lowest BCUT2D eigenvalue weighted by Crippen LogP contribution is -2.50. The third-order valence-electron chi connectivity index (χ3n) is 5.23. The molecule has 0 aliphatic carbocycles. The van der Waals surface area contributed by atoms with Crippen molar-refractivity contribution in [3.63, 3.8) is 0 Å². The van der Waals surface area contributed by atoms with Crippen LogP contribution in [0, 0.1) is 18.6 Å². The predicted octanol–water partition coefficient (Wildman–Crippen LogP) is 4.18. The van der Waals surface area contributed by atoms with E-state index in [9.17, 15) is 18.4 Å². The van der Waals surface area contributed by atoms with Gasteiger partial charge >= 0.3 is 0 Å². The van der Waals surface area contributed by atoms with Gasteiger partial charge in [0.2, 0.25) is 0 Å². The number of rotatable bonds is 3. The Balaban J connectivity index is 1.53. The largest absolute Gasteiger partial charge is 0.360 e. The number of aryl methyl sites for hydroxylation is 1. The van der Waals surface area contributed by atoms with Crippen molar-refractivity contribution in [1.82, 2.24) is 15.0 Å². The van der Waals surface area contributed by atoms with Crippen molar-refractivity contribution < 1.29 is 22.9 Å². The van der Waals surface area contributed by atoms with Crippen molar-refractivity contribution >= 4 is 23.4 Å². The Labute approximate surface area is 182 Å². The average molecular weight is 446 g/mol. The molecule has 1 aliphatic rings. The van der Waals surface area contributed by atoms with Gasteiger partial charge in [-0.05, 0) is 31.2 Å². The van der Waals surface area contributed by atoms with Gasteiger partial charge in [-0.25, -0.2) is 8.78 Å². The fourth-order valence-electron chi connectivity index (χ4n) is 3.59. The minimum Gasteiger partial charge on any atom is -0.360 e. The normalized spacial score (nSPS) is 14.1. The van der Waals surface area contributed by atoms with Crippen molar-refractivity contribution in [3.05, 3.63) is 76.0 Å². The van der Waals surface area contributed by atoms with E-state index in [1.165, 1.54) is 46.2 Å². The summed E-state index contributed by atoms with van der Waals surface area (Å²) in [6, 6.07) is 9.97. The quantitative estimate of drug-likeness (QED) is 0.606. The van der Waals surface area contributed by atoms with Crippen LogP contribution in [0.25, 0.3) is 11.3 Å². The smallest absolute Gasteiger partial charge is 0.259 e. The van der Waals surface area contributed by atoms with Gasteiger partial charge in [-0.2, -0.15) is 0 Å². The van der Waals surface area contributed by atoms with Crippen LogP contribution in [-0.4, -0.2) is 52.9 Å². The maximum absolute atomic E-state index is 14.4. The van der Waals surface area contributed by atoms with Crippen molar-refractivity contribution in [3.8, 4) is 11.3 Å². The number of hydrogen-bond acceptors (Lipinski definition) is 4. The Morgan fingerprint density at radius 3 is 2.19 bits per heavy atom. The molecule has 0 bridgehead atoms. The number of piperazine rings is 1. The topological polar surface area (TPSA) is 66.7 Å². The lowest BCUT2D eigenvalue weighted by Gasteiger charge is -2.34. The molecule has 1 aromatic heterocycles. The molecule has 1 saturated heterocycles. The maximum atomic E-state index is 14.4. The fraction of sp³-hybridized carbons (Fsp3) is 0.227. The summed E-state index contributed by atoms with van der Waals surface area (Å²) in [5.74, 6) is -1.78. The lowest BCUT2D eigenvalue weighted by molar-refractivity contribution is 0.0532. The van der Waals surface area contributed by atoms with E-state index in [0.29, 0.717) is 0 Å². The molecule has 4 rings (SSSR count). The highest BCUT2D eigenvalue weighted by atomic mass is 35.5. The summed E-state index contributed by atoms with van der Waals surface area (Å²) in [6.45, 7) is 2.50. The number of carbonyl (C=O) groups excluding carboxylic acids is 2. The van der Waals surface area contributed by atoms with Gasteiger partial charge < -0.3 is 14.3 Å². The van der Waals surface area contributed by atoms with E-state index in [1.807, 2.05) is 0 Å². The average Bonchev–Trinajstić information content (AvgIpc) is 3.14. The van der Waals surface area contributed by atoms with E-state index in [4.69, 9.17) is 16.1 Å². The van der Waals surface area contributed by atoms with Crippen LogP contribution >= 0.6 is 11.6 Å². The van der Waals surface area contributed by atoms with Crippen LogP contribution in [0.15, 0.2) is 47.0 Å². The number of carbonyl (C=O) groups is 2. The highest BCUT2D eigenvalue weighted by Gasteiger charge is 2.32. The summed E-state index contributed by atoms with van der Waals surface area (Å²) < 4.78 is 33.5. The lowest BCUT2D eigenvalue weighted by atomic mass is 10.0. The summed E-state index contributed by atoms with van der Waals surface area (Å²) in [4.78, 5) is 28.8. The van der Waals surface area contributed by atoms with Gasteiger partial charge in [0.25, 0.3) is 11.8 Å². The molecule has 0 saturated carbocycles. The molecule has 0 spiro atoms. The molecular weight excluding hydrogens is 428 g/mol. The summed E-state index contributed by atoms with van der Waals surface area (Å²) in [5.41, 5.74) is 0.155. The molecule has 0 radical (unpaired) electrons. The molecule has 0 atom stereocenters. The van der Waals surface area contributed by atoms with E-state index < -0.39 is 23.4 Å². The number of hydrogen-bond donors (Lipinski definition) is 0. The van der Waals surface area contributed by atoms with E-state index >= 15 is 0 Å². The van der Waals surface area contributed by atoms with Crippen LogP contribution < -0.4 is 0 Å². The summed E-state index contributed by atoms with van der Waals surface area (Å²) in [7, 11) is 0. The number of nitrogens with zero attached hydrogens (tertiary/aromatic N) is 3. The van der Waals surface area contributed by atoms with Crippen molar-refractivity contribution in [2.75, 3.05) is 26.2 Å². The molecule has 1 aliphatic heterocycles. The third-order valence-corrected chi connectivity index (χ3v) is 5.55. The van der Waals surface area contributed by atoms with Gasteiger partial charge in [0.15, 0.2) is 0 Å². The molecule has 2 amide bonds. The molecule has 9 heteroatoms. The Hall–Kier alpha value is -3.26. The third kappa shape index (κ3) is 3.90. The second-order valence-electron chi connectivity index (χ2n) is 7.12. The highest BCUT2D eigenvalue weighted by molar-refractivity contribution is 6.33. The van der Waals surface area contributed by atoms with Crippen molar-refractivity contribution in [2.24, 2.45) is 0 Å². The van der Waals surface area contributed by atoms with Gasteiger partial charge in [0.05, 0.1) is 16.1 Å². The molecule has 2 aromatic carbocycles. The zero-order valence-electron chi connectivity index (χ0n) is 16.6. The van der Waals surface area contributed by atoms with Crippen LogP contribution in [0.4, 0.5) is 8.78 Å². The molecule has 0 N–H and O–H groups in total. The monoisotopic (exact) mass is 445 g/mol. The second-order valence-corrected chi connectivity index (χ2v) is 7.53. The molecule has 3 aromatic rings. The minimum absolute atomic E-state index is 0.00210. The van der Waals surface area contributed by atoms with E-state index in [1.54, 1.807) is 13.0 Å². The number of amides is 2. The van der Waals surface area contributed by atoms with Crippen molar-refractivity contribution in [1.29, 1.82) is 0 Å². The number of halogens is 3. The van der Waals surface area contributed by atoms with Gasteiger partial charge in [0, 0.05) is 26.2 Å². The Morgan fingerprint density at radius 2 is 1.55 bits per heavy atom. The molecule has 2 heterocycles. The first-order valence-corrected chi connectivity index (χ1v) is 10.00. The molecular formula is C22H18ClF2N3O3. The molecule has 160 valence electrons. The van der Waals surface area contributed by atoms with Crippen LogP contribution in [0.2, 0.25) is 5.02 Å². The van der Waals surface area contributed by atoms with Crippen LogP contribution in [-0.2, 0) is 0 Å². The van der Waals surface area contributed by atoms with Crippen LogP contribution in [0.3, 0.4) is 0 Å². The van der Waals surface area contributed by atoms with Gasteiger partial charge in [-0.1, -0.05) is 35.0 Å². The Kier molecular flexibility index (Phi) is 5.73. The summed E-state index contributed by atoms with van der Waals surface area (Å²) in [5, 5.41) is 3.98.